The Balaban J connectivity index is 0.00000420. The van der Waals surface area contributed by atoms with E-state index in [9.17, 15) is 9.18 Å². The Kier molecular flexibility index (Phi) is 10.7. The van der Waals surface area contributed by atoms with Gasteiger partial charge in [-0.15, -0.1) is 24.0 Å². The first kappa shape index (κ1) is 25.5. The molecule has 8 heteroatoms. The summed E-state index contributed by atoms with van der Waals surface area (Å²) in [5.74, 6) is 0.689. The van der Waals surface area contributed by atoms with Crippen molar-refractivity contribution < 1.29 is 9.18 Å². The van der Waals surface area contributed by atoms with Crippen LogP contribution in [0.2, 0.25) is 0 Å². The molecule has 1 aliphatic rings. The van der Waals surface area contributed by atoms with Gasteiger partial charge in [0, 0.05) is 47.8 Å². The van der Waals surface area contributed by atoms with Crippen LogP contribution in [0, 0.1) is 11.2 Å². The fraction of sp³-hybridized carbons (Fsp3) is 0.619. The van der Waals surface area contributed by atoms with Gasteiger partial charge in [-0.2, -0.15) is 0 Å². The molecular formula is C21H35FIN5O. The molecule has 1 aromatic rings. The van der Waals surface area contributed by atoms with E-state index in [1.165, 1.54) is 6.07 Å². The highest BCUT2D eigenvalue weighted by atomic mass is 127. The highest BCUT2D eigenvalue weighted by Gasteiger charge is 2.42. The van der Waals surface area contributed by atoms with E-state index in [4.69, 9.17) is 0 Å². The van der Waals surface area contributed by atoms with Crippen molar-refractivity contribution in [3.63, 3.8) is 0 Å². The van der Waals surface area contributed by atoms with Crippen LogP contribution in [-0.4, -0.2) is 64.6 Å². The number of carbonyl (C=O) groups excluding carboxylic acids is 1. The molecule has 1 saturated carbocycles. The van der Waals surface area contributed by atoms with Crippen molar-refractivity contribution in [1.82, 2.24) is 15.5 Å². The van der Waals surface area contributed by atoms with E-state index < -0.39 is 0 Å². The van der Waals surface area contributed by atoms with Gasteiger partial charge in [-0.1, -0.05) is 25.0 Å². The monoisotopic (exact) mass is 519 g/mol. The number of guanidine groups is 1. The number of benzene rings is 1. The maximum atomic E-state index is 13.8. The minimum Gasteiger partial charge on any atom is -0.372 e. The third-order valence-electron chi connectivity index (χ3n) is 5.46. The van der Waals surface area contributed by atoms with Crippen LogP contribution >= 0.6 is 24.0 Å². The van der Waals surface area contributed by atoms with Crippen LogP contribution in [0.1, 0.15) is 32.1 Å². The Morgan fingerprint density at radius 2 is 1.83 bits per heavy atom. The van der Waals surface area contributed by atoms with E-state index >= 15 is 0 Å². The smallest absolute Gasteiger partial charge is 0.230 e. The minimum absolute atomic E-state index is 0. The molecule has 0 radical (unpaired) electrons. The van der Waals surface area contributed by atoms with Crippen molar-refractivity contribution in [2.24, 2.45) is 10.4 Å². The standard InChI is InChI=1S/C21H34FN5O.HI/c1-23-20(25-16-21(12-7-8-13-21)19(28)26(2)3)24-14-9-15-27(4)18-11-6-5-10-17(18)22;/h5-6,10-11H,7-9,12-16H2,1-4H3,(H2,23,24,25);1H. The molecule has 6 nitrogen and oxygen atoms in total. The summed E-state index contributed by atoms with van der Waals surface area (Å²) in [7, 11) is 7.27. The van der Waals surface area contributed by atoms with Gasteiger partial charge >= 0.3 is 0 Å². The number of nitrogens with zero attached hydrogens (tertiary/aromatic N) is 3. The predicted molar refractivity (Wildman–Crippen MR) is 129 cm³/mol. The molecule has 29 heavy (non-hydrogen) atoms. The van der Waals surface area contributed by atoms with E-state index in [0.29, 0.717) is 24.7 Å². The predicted octanol–water partition coefficient (Wildman–Crippen LogP) is 3.08. The minimum atomic E-state index is -0.327. The molecule has 0 saturated heterocycles. The zero-order chi connectivity index (χ0) is 20.6. The topological polar surface area (TPSA) is 60.0 Å². The van der Waals surface area contributed by atoms with Crippen LogP contribution in [0.5, 0.6) is 0 Å². The molecule has 1 amide bonds. The van der Waals surface area contributed by atoms with Crippen molar-refractivity contribution in [2.45, 2.75) is 32.1 Å². The Bertz CT molecular complexity index is 677. The second-order valence-corrected chi connectivity index (χ2v) is 7.77. The molecule has 2 N–H and O–H groups in total. The van der Waals surface area contributed by atoms with Gasteiger partial charge in [-0.3, -0.25) is 9.79 Å². The van der Waals surface area contributed by atoms with Crippen LogP contribution in [0.15, 0.2) is 29.3 Å². The fourth-order valence-corrected chi connectivity index (χ4v) is 3.87. The summed E-state index contributed by atoms with van der Waals surface area (Å²) in [6.07, 6.45) is 4.86. The Hall–Kier alpha value is -1.58. The van der Waals surface area contributed by atoms with Gasteiger partial charge in [0.25, 0.3) is 0 Å². The summed E-state index contributed by atoms with van der Waals surface area (Å²) in [5, 5.41) is 6.63. The largest absolute Gasteiger partial charge is 0.372 e. The van der Waals surface area contributed by atoms with Crippen LogP contribution in [-0.2, 0) is 4.79 Å². The van der Waals surface area contributed by atoms with Crippen molar-refractivity contribution in [3.8, 4) is 0 Å². The van der Waals surface area contributed by atoms with Crippen LogP contribution in [0.3, 0.4) is 0 Å². The lowest BCUT2D eigenvalue weighted by Gasteiger charge is -2.31. The van der Waals surface area contributed by atoms with Crippen molar-refractivity contribution in [3.05, 3.63) is 30.1 Å². The highest BCUT2D eigenvalue weighted by Crippen LogP contribution is 2.38. The molecule has 0 bridgehead atoms. The number of aliphatic imine (C=N–C) groups is 1. The Morgan fingerprint density at radius 1 is 1.17 bits per heavy atom. The SMILES string of the molecule is CN=C(NCCCN(C)c1ccccc1F)NCC1(C(=O)N(C)C)CCCC1.I. The number of nitrogens with one attached hydrogen (secondary N) is 2. The molecule has 0 atom stereocenters. The summed E-state index contributed by atoms with van der Waals surface area (Å²) < 4.78 is 13.8. The zero-order valence-corrected chi connectivity index (χ0v) is 20.3. The number of halogens is 2. The second-order valence-electron chi connectivity index (χ2n) is 7.77. The average molecular weight is 519 g/mol. The van der Waals surface area contributed by atoms with Crippen molar-refractivity contribution in [1.29, 1.82) is 0 Å². The summed E-state index contributed by atoms with van der Waals surface area (Å²) in [6, 6.07) is 6.80. The van der Waals surface area contributed by atoms with Gasteiger partial charge in [-0.05, 0) is 31.4 Å². The zero-order valence-electron chi connectivity index (χ0n) is 18.0. The number of amides is 1. The van der Waals surface area contributed by atoms with Gasteiger partial charge in [0.2, 0.25) is 5.91 Å². The van der Waals surface area contributed by atoms with Gasteiger partial charge in [0.1, 0.15) is 5.82 Å². The van der Waals surface area contributed by atoms with Crippen molar-refractivity contribution >= 4 is 41.5 Å². The summed E-state index contributed by atoms with van der Waals surface area (Å²) in [5.41, 5.74) is 0.280. The van der Waals surface area contributed by atoms with Gasteiger partial charge in [0.05, 0.1) is 11.1 Å². The lowest BCUT2D eigenvalue weighted by atomic mass is 9.84. The summed E-state index contributed by atoms with van der Waals surface area (Å²) >= 11 is 0. The van der Waals surface area contributed by atoms with Crippen LogP contribution < -0.4 is 15.5 Å². The molecule has 0 unspecified atom stereocenters. The average Bonchev–Trinajstić information content (AvgIpc) is 3.17. The summed E-state index contributed by atoms with van der Waals surface area (Å²) in [6.45, 7) is 2.04. The molecule has 1 aliphatic carbocycles. The lowest BCUT2D eigenvalue weighted by Crippen LogP contribution is -2.49. The normalized spacial score (nSPS) is 15.4. The van der Waals surface area contributed by atoms with E-state index in [-0.39, 0.29) is 41.1 Å². The third kappa shape index (κ3) is 7.01. The first-order valence-electron chi connectivity index (χ1n) is 10.0. The first-order chi connectivity index (χ1) is 13.4. The number of hydrogen-bond donors (Lipinski definition) is 2. The van der Waals surface area contributed by atoms with Gasteiger partial charge in [-0.25, -0.2) is 4.39 Å². The van der Waals surface area contributed by atoms with E-state index in [1.54, 1.807) is 24.1 Å². The second kappa shape index (κ2) is 12.2. The molecule has 0 heterocycles. The molecular weight excluding hydrogens is 484 g/mol. The molecule has 0 spiro atoms. The third-order valence-corrected chi connectivity index (χ3v) is 5.46. The number of anilines is 1. The Morgan fingerprint density at radius 3 is 2.41 bits per heavy atom. The summed E-state index contributed by atoms with van der Waals surface area (Å²) in [4.78, 5) is 20.5. The molecule has 1 fully saturated rings. The first-order valence-corrected chi connectivity index (χ1v) is 10.0. The fourth-order valence-electron chi connectivity index (χ4n) is 3.87. The number of rotatable bonds is 8. The Labute approximate surface area is 191 Å². The molecule has 0 aliphatic heterocycles. The van der Waals surface area contributed by atoms with E-state index in [2.05, 4.69) is 15.6 Å². The van der Waals surface area contributed by atoms with Gasteiger partial charge < -0.3 is 20.4 Å². The highest BCUT2D eigenvalue weighted by molar-refractivity contribution is 14.0. The van der Waals surface area contributed by atoms with E-state index in [1.807, 2.05) is 32.1 Å². The maximum Gasteiger partial charge on any atom is 0.230 e. The molecule has 164 valence electrons. The maximum absolute atomic E-state index is 13.8. The molecule has 2 rings (SSSR count). The molecule has 0 aromatic heterocycles. The number of para-hydroxylation sites is 1. The van der Waals surface area contributed by atoms with E-state index in [0.717, 1.165) is 38.6 Å². The van der Waals surface area contributed by atoms with Crippen molar-refractivity contribution in [2.75, 3.05) is 52.7 Å². The quantitative estimate of drug-likeness (QED) is 0.240. The number of carbonyl (C=O) groups is 1. The van der Waals surface area contributed by atoms with Crippen LogP contribution in [0.4, 0.5) is 10.1 Å². The van der Waals surface area contributed by atoms with Gasteiger partial charge in [0.15, 0.2) is 5.96 Å². The number of hydrogen-bond acceptors (Lipinski definition) is 3. The van der Waals surface area contributed by atoms with Crippen LogP contribution in [0.25, 0.3) is 0 Å². The lowest BCUT2D eigenvalue weighted by molar-refractivity contribution is -0.138. The molecule has 1 aromatic carbocycles.